The van der Waals surface area contributed by atoms with Crippen LogP contribution in [0.2, 0.25) is 0 Å². The number of carbonyl (C=O) groups is 2. The predicted molar refractivity (Wildman–Crippen MR) is 124 cm³/mol. The van der Waals surface area contributed by atoms with E-state index < -0.39 is 0 Å². The van der Waals surface area contributed by atoms with Gasteiger partial charge in [0.15, 0.2) is 11.6 Å². The maximum atomic E-state index is 13.2. The minimum absolute atomic E-state index is 0.103. The van der Waals surface area contributed by atoms with Crippen molar-refractivity contribution >= 4 is 28.6 Å². The van der Waals surface area contributed by atoms with Gasteiger partial charge < -0.3 is 4.90 Å². The summed E-state index contributed by atoms with van der Waals surface area (Å²) in [4.78, 5) is 28.3. The second-order valence-corrected chi connectivity index (χ2v) is 7.94. The fourth-order valence-electron chi connectivity index (χ4n) is 4.06. The predicted octanol–water partition coefficient (Wildman–Crippen LogP) is 6.55. The topological polar surface area (TPSA) is 37.4 Å². The summed E-state index contributed by atoms with van der Waals surface area (Å²) in [5.74, 6) is -0.214. The molecule has 0 amide bonds. The van der Waals surface area contributed by atoms with Gasteiger partial charge in [0.2, 0.25) is 0 Å². The molecular formula is C28H21NO2. The van der Waals surface area contributed by atoms with Crippen LogP contribution in [-0.2, 0) is 0 Å². The van der Waals surface area contributed by atoms with Gasteiger partial charge in [-0.05, 0) is 56.3 Å². The fourth-order valence-corrected chi connectivity index (χ4v) is 4.06. The molecule has 0 fully saturated rings. The number of hydrogen-bond donors (Lipinski definition) is 0. The van der Waals surface area contributed by atoms with E-state index in [1.807, 2.05) is 12.1 Å². The highest BCUT2D eigenvalue weighted by Crippen LogP contribution is 2.37. The van der Waals surface area contributed by atoms with Crippen LogP contribution in [0.4, 0.5) is 17.1 Å². The lowest BCUT2D eigenvalue weighted by Crippen LogP contribution is -2.21. The molecule has 1 aliphatic rings. The third-order valence-electron chi connectivity index (χ3n) is 5.75. The average Bonchev–Trinajstić information content (AvgIpc) is 2.80. The van der Waals surface area contributed by atoms with Crippen molar-refractivity contribution < 1.29 is 9.59 Å². The van der Waals surface area contributed by atoms with Gasteiger partial charge in [-0.3, -0.25) is 9.59 Å². The van der Waals surface area contributed by atoms with E-state index >= 15 is 0 Å². The highest BCUT2D eigenvalue weighted by Gasteiger charge is 2.30. The standard InChI is InChI=1S/C28H21NO2/c1-18-7-11-20(12-8-18)29(21-13-9-19(2)10-14-21)22-15-16-25-26(17-22)28(31)24-6-4-3-5-23(24)27(25)30/h3-17H,1-2H3. The van der Waals surface area contributed by atoms with E-state index in [0.29, 0.717) is 22.3 Å². The van der Waals surface area contributed by atoms with Crippen LogP contribution >= 0.6 is 0 Å². The highest BCUT2D eigenvalue weighted by molar-refractivity contribution is 6.28. The minimum atomic E-state index is -0.111. The zero-order valence-corrected chi connectivity index (χ0v) is 17.4. The Bertz CT molecular complexity index is 1270. The molecule has 0 N–H and O–H groups in total. The molecule has 4 aromatic rings. The van der Waals surface area contributed by atoms with E-state index in [9.17, 15) is 9.59 Å². The van der Waals surface area contributed by atoms with Crippen molar-refractivity contribution in [3.8, 4) is 0 Å². The molecule has 0 radical (unpaired) electrons. The van der Waals surface area contributed by atoms with Crippen LogP contribution < -0.4 is 4.90 Å². The Morgan fingerprint density at radius 1 is 0.484 bits per heavy atom. The molecule has 5 rings (SSSR count). The smallest absolute Gasteiger partial charge is 0.194 e. The maximum Gasteiger partial charge on any atom is 0.194 e. The number of ketones is 2. The molecule has 4 aromatic carbocycles. The van der Waals surface area contributed by atoms with Gasteiger partial charge in [-0.2, -0.15) is 0 Å². The summed E-state index contributed by atoms with van der Waals surface area (Å²) in [6.07, 6.45) is 0. The summed E-state index contributed by atoms with van der Waals surface area (Å²) in [5.41, 5.74) is 7.02. The normalized spacial score (nSPS) is 12.3. The Morgan fingerprint density at radius 3 is 1.42 bits per heavy atom. The van der Waals surface area contributed by atoms with Crippen molar-refractivity contribution in [1.29, 1.82) is 0 Å². The lowest BCUT2D eigenvalue weighted by molar-refractivity contribution is 0.0979. The Hall–Kier alpha value is -3.98. The van der Waals surface area contributed by atoms with Crippen molar-refractivity contribution in [1.82, 2.24) is 0 Å². The largest absolute Gasteiger partial charge is 0.310 e. The molecule has 3 nitrogen and oxygen atoms in total. The molecule has 31 heavy (non-hydrogen) atoms. The summed E-state index contributed by atoms with van der Waals surface area (Å²) >= 11 is 0. The van der Waals surface area contributed by atoms with Crippen molar-refractivity contribution in [2.75, 3.05) is 4.90 Å². The number of fused-ring (bicyclic) bond motifs is 2. The highest BCUT2D eigenvalue weighted by atomic mass is 16.1. The van der Waals surface area contributed by atoms with Crippen LogP contribution in [0.15, 0.2) is 91.0 Å². The zero-order chi connectivity index (χ0) is 21.5. The van der Waals surface area contributed by atoms with Crippen LogP contribution in [0.3, 0.4) is 0 Å². The van der Waals surface area contributed by atoms with Crippen molar-refractivity contribution in [3.05, 3.63) is 124 Å². The second kappa shape index (κ2) is 7.37. The number of anilines is 3. The lowest BCUT2D eigenvalue weighted by Gasteiger charge is -2.27. The van der Waals surface area contributed by atoms with E-state index in [2.05, 4.69) is 67.3 Å². The third kappa shape index (κ3) is 3.24. The van der Waals surface area contributed by atoms with Crippen LogP contribution in [0.1, 0.15) is 43.0 Å². The Balaban J connectivity index is 1.67. The van der Waals surface area contributed by atoms with Gasteiger partial charge in [0.25, 0.3) is 0 Å². The Kier molecular flexibility index (Phi) is 4.52. The number of benzene rings is 4. The van der Waals surface area contributed by atoms with Crippen molar-refractivity contribution in [2.24, 2.45) is 0 Å². The molecule has 0 saturated heterocycles. The fraction of sp³-hybridized carbons (Fsp3) is 0.0714. The average molecular weight is 403 g/mol. The first-order valence-electron chi connectivity index (χ1n) is 10.3. The molecule has 0 atom stereocenters. The molecule has 1 aliphatic carbocycles. The van der Waals surface area contributed by atoms with Crippen LogP contribution in [0, 0.1) is 13.8 Å². The number of aryl methyl sites for hydroxylation is 2. The molecule has 150 valence electrons. The molecule has 0 unspecified atom stereocenters. The zero-order valence-electron chi connectivity index (χ0n) is 17.4. The molecule has 0 saturated carbocycles. The SMILES string of the molecule is Cc1ccc(N(c2ccc(C)cc2)c2ccc3c(c2)C(=O)c2ccccc2C3=O)cc1. The van der Waals surface area contributed by atoms with Gasteiger partial charge in [-0.25, -0.2) is 0 Å². The molecule has 0 spiro atoms. The molecule has 0 heterocycles. The van der Waals surface area contributed by atoms with E-state index in [1.54, 1.807) is 30.3 Å². The van der Waals surface area contributed by atoms with E-state index in [-0.39, 0.29) is 11.6 Å². The van der Waals surface area contributed by atoms with E-state index in [0.717, 1.165) is 17.1 Å². The van der Waals surface area contributed by atoms with E-state index in [1.165, 1.54) is 11.1 Å². The molecule has 0 aromatic heterocycles. The lowest BCUT2D eigenvalue weighted by atomic mass is 9.84. The maximum absolute atomic E-state index is 13.2. The number of hydrogen-bond acceptors (Lipinski definition) is 3. The Labute approximate surface area is 181 Å². The van der Waals surface area contributed by atoms with Gasteiger partial charge in [0, 0.05) is 39.3 Å². The minimum Gasteiger partial charge on any atom is -0.310 e. The molecule has 0 aliphatic heterocycles. The van der Waals surface area contributed by atoms with Gasteiger partial charge in [0.05, 0.1) is 0 Å². The summed E-state index contributed by atoms with van der Waals surface area (Å²) in [5, 5.41) is 0. The van der Waals surface area contributed by atoms with Crippen LogP contribution in [0.25, 0.3) is 0 Å². The van der Waals surface area contributed by atoms with Gasteiger partial charge >= 0.3 is 0 Å². The van der Waals surface area contributed by atoms with E-state index in [4.69, 9.17) is 0 Å². The molecule has 0 bridgehead atoms. The number of rotatable bonds is 3. The van der Waals surface area contributed by atoms with Crippen LogP contribution in [0.5, 0.6) is 0 Å². The quantitative estimate of drug-likeness (QED) is 0.343. The Morgan fingerprint density at radius 2 is 0.903 bits per heavy atom. The third-order valence-corrected chi connectivity index (χ3v) is 5.75. The summed E-state index contributed by atoms with van der Waals surface area (Å²) in [6, 6.07) is 29.1. The first-order chi connectivity index (χ1) is 15.0. The van der Waals surface area contributed by atoms with Gasteiger partial charge in [0.1, 0.15) is 0 Å². The number of carbonyl (C=O) groups excluding carboxylic acids is 2. The monoisotopic (exact) mass is 403 g/mol. The summed E-state index contributed by atoms with van der Waals surface area (Å²) < 4.78 is 0. The first-order valence-corrected chi connectivity index (χ1v) is 10.3. The summed E-state index contributed by atoms with van der Waals surface area (Å²) in [6.45, 7) is 4.11. The molecular weight excluding hydrogens is 382 g/mol. The second-order valence-electron chi connectivity index (χ2n) is 7.94. The van der Waals surface area contributed by atoms with Crippen LogP contribution in [-0.4, -0.2) is 11.6 Å². The molecule has 3 heteroatoms. The van der Waals surface area contributed by atoms with Gasteiger partial charge in [-0.15, -0.1) is 0 Å². The summed E-state index contributed by atoms with van der Waals surface area (Å²) in [7, 11) is 0. The van der Waals surface area contributed by atoms with Crippen molar-refractivity contribution in [2.45, 2.75) is 13.8 Å². The van der Waals surface area contributed by atoms with Gasteiger partial charge in [-0.1, -0.05) is 59.7 Å². The first kappa shape index (κ1) is 19.0. The number of nitrogens with zero attached hydrogens (tertiary/aromatic N) is 1. The van der Waals surface area contributed by atoms with Crippen molar-refractivity contribution in [3.63, 3.8) is 0 Å².